The summed E-state index contributed by atoms with van der Waals surface area (Å²) in [7, 11) is 0. The molecule has 0 heterocycles. The highest BCUT2D eigenvalue weighted by atomic mass is 16.4. The van der Waals surface area contributed by atoms with Gasteiger partial charge in [-0.2, -0.15) is 0 Å². The third-order valence-corrected chi connectivity index (χ3v) is 4.24. The topological polar surface area (TPSA) is 78.4 Å². The van der Waals surface area contributed by atoms with Crippen LogP contribution >= 0.6 is 0 Å². The molecule has 1 saturated carbocycles. The van der Waals surface area contributed by atoms with E-state index >= 15 is 0 Å². The Balaban J connectivity index is 1.96. The molecule has 5 nitrogen and oxygen atoms in total. The summed E-state index contributed by atoms with van der Waals surface area (Å²) in [5.41, 5.74) is 2.00. The zero-order valence-electron chi connectivity index (χ0n) is 12.5. The van der Waals surface area contributed by atoms with E-state index in [0.29, 0.717) is 12.8 Å². The summed E-state index contributed by atoms with van der Waals surface area (Å²) >= 11 is 0. The summed E-state index contributed by atoms with van der Waals surface area (Å²) in [6, 6.07) is 5.48. The molecule has 0 atom stereocenters. The molecule has 3 N–H and O–H groups in total. The monoisotopic (exact) mass is 290 g/mol. The molecule has 0 unspecified atom stereocenters. The standard InChI is InChI=1S/C16H22N2O3/c1-11-5-6-12(2)13(9-11)18-15(21)17-10-16(14(19)20)7-3-4-8-16/h5-6,9H,3-4,7-8,10H2,1-2H3,(H,19,20)(H2,17,18,21). The summed E-state index contributed by atoms with van der Waals surface area (Å²) in [6.45, 7) is 4.06. The highest BCUT2D eigenvalue weighted by molar-refractivity contribution is 5.90. The van der Waals surface area contributed by atoms with Crippen LogP contribution in [0, 0.1) is 19.3 Å². The molecule has 5 heteroatoms. The van der Waals surface area contributed by atoms with Crippen molar-refractivity contribution >= 4 is 17.7 Å². The minimum atomic E-state index is -0.813. The van der Waals surface area contributed by atoms with Crippen molar-refractivity contribution in [2.75, 3.05) is 11.9 Å². The molecule has 0 bridgehead atoms. The lowest BCUT2D eigenvalue weighted by Crippen LogP contribution is -2.42. The van der Waals surface area contributed by atoms with E-state index in [4.69, 9.17) is 0 Å². The van der Waals surface area contributed by atoms with E-state index in [1.165, 1.54) is 0 Å². The first-order chi connectivity index (χ1) is 9.93. The van der Waals surface area contributed by atoms with Crippen molar-refractivity contribution < 1.29 is 14.7 Å². The fraction of sp³-hybridized carbons (Fsp3) is 0.500. The van der Waals surface area contributed by atoms with Crippen LogP contribution in [0.25, 0.3) is 0 Å². The lowest BCUT2D eigenvalue weighted by molar-refractivity contribution is -0.148. The third kappa shape index (κ3) is 3.54. The fourth-order valence-corrected chi connectivity index (χ4v) is 2.80. The van der Waals surface area contributed by atoms with Crippen LogP contribution in [0.4, 0.5) is 10.5 Å². The number of aryl methyl sites for hydroxylation is 2. The van der Waals surface area contributed by atoms with Gasteiger partial charge in [-0.15, -0.1) is 0 Å². The van der Waals surface area contributed by atoms with Gasteiger partial charge < -0.3 is 15.7 Å². The molecule has 1 aliphatic rings. The van der Waals surface area contributed by atoms with Gasteiger partial charge in [0.25, 0.3) is 0 Å². The molecular formula is C16H22N2O3. The summed E-state index contributed by atoms with van der Waals surface area (Å²) in [5, 5.41) is 14.9. The first-order valence-electron chi connectivity index (χ1n) is 7.28. The molecule has 0 saturated heterocycles. The van der Waals surface area contributed by atoms with Crippen molar-refractivity contribution in [2.24, 2.45) is 5.41 Å². The van der Waals surface area contributed by atoms with Gasteiger partial charge in [-0.3, -0.25) is 4.79 Å². The van der Waals surface area contributed by atoms with Gasteiger partial charge in [0.1, 0.15) is 0 Å². The molecule has 0 aliphatic heterocycles. The van der Waals surface area contributed by atoms with Crippen molar-refractivity contribution in [3.8, 4) is 0 Å². The normalized spacial score (nSPS) is 16.5. The van der Waals surface area contributed by atoms with Crippen molar-refractivity contribution in [2.45, 2.75) is 39.5 Å². The second-order valence-electron chi connectivity index (χ2n) is 5.92. The molecule has 0 spiro atoms. The third-order valence-electron chi connectivity index (χ3n) is 4.24. The number of amides is 2. The average molecular weight is 290 g/mol. The second-order valence-corrected chi connectivity index (χ2v) is 5.92. The number of hydrogen-bond acceptors (Lipinski definition) is 2. The molecule has 0 aromatic heterocycles. The molecule has 2 rings (SSSR count). The Morgan fingerprint density at radius 3 is 2.52 bits per heavy atom. The van der Waals surface area contributed by atoms with Gasteiger partial charge >= 0.3 is 12.0 Å². The molecule has 0 radical (unpaired) electrons. The van der Waals surface area contributed by atoms with E-state index in [-0.39, 0.29) is 12.6 Å². The Morgan fingerprint density at radius 2 is 1.90 bits per heavy atom. The second kappa shape index (κ2) is 6.16. The number of anilines is 1. The smallest absolute Gasteiger partial charge is 0.319 e. The SMILES string of the molecule is Cc1ccc(C)c(NC(=O)NCC2(C(=O)O)CCCC2)c1. The zero-order chi connectivity index (χ0) is 15.5. The Bertz CT molecular complexity index is 548. The van der Waals surface area contributed by atoms with E-state index < -0.39 is 11.4 Å². The lowest BCUT2D eigenvalue weighted by Gasteiger charge is -2.24. The number of rotatable bonds is 4. The minimum Gasteiger partial charge on any atom is -0.481 e. The maximum absolute atomic E-state index is 12.0. The van der Waals surface area contributed by atoms with Crippen molar-refractivity contribution in [3.05, 3.63) is 29.3 Å². The van der Waals surface area contributed by atoms with Crippen LogP contribution in [0.5, 0.6) is 0 Å². The van der Waals surface area contributed by atoms with Crippen LogP contribution in [-0.2, 0) is 4.79 Å². The highest BCUT2D eigenvalue weighted by Crippen LogP contribution is 2.37. The van der Waals surface area contributed by atoms with Crippen molar-refractivity contribution in [1.29, 1.82) is 0 Å². The van der Waals surface area contributed by atoms with Gasteiger partial charge in [-0.25, -0.2) is 4.79 Å². The molecule has 1 aliphatic carbocycles. The van der Waals surface area contributed by atoms with E-state index in [0.717, 1.165) is 29.7 Å². The van der Waals surface area contributed by atoms with E-state index in [2.05, 4.69) is 10.6 Å². The Labute approximate surface area is 124 Å². The Morgan fingerprint density at radius 1 is 1.24 bits per heavy atom. The Kier molecular flexibility index (Phi) is 4.50. The number of hydrogen-bond donors (Lipinski definition) is 3. The van der Waals surface area contributed by atoms with Gasteiger partial charge in [-0.1, -0.05) is 25.0 Å². The van der Waals surface area contributed by atoms with Crippen molar-refractivity contribution in [1.82, 2.24) is 5.32 Å². The van der Waals surface area contributed by atoms with E-state index in [1.807, 2.05) is 32.0 Å². The summed E-state index contributed by atoms with van der Waals surface area (Å²) < 4.78 is 0. The van der Waals surface area contributed by atoms with Crippen LogP contribution in [0.2, 0.25) is 0 Å². The number of carboxylic acid groups (broad SMARTS) is 1. The maximum Gasteiger partial charge on any atom is 0.319 e. The predicted molar refractivity (Wildman–Crippen MR) is 81.5 cm³/mol. The summed E-state index contributed by atoms with van der Waals surface area (Å²) in [6.07, 6.45) is 3.08. The predicted octanol–water partition coefficient (Wildman–Crippen LogP) is 3.07. The molecule has 1 fully saturated rings. The summed E-state index contributed by atoms with van der Waals surface area (Å²) in [5.74, 6) is -0.813. The first-order valence-corrected chi connectivity index (χ1v) is 7.28. The van der Waals surface area contributed by atoms with Crippen molar-refractivity contribution in [3.63, 3.8) is 0 Å². The Hall–Kier alpha value is -2.04. The number of aliphatic carboxylic acids is 1. The molecule has 1 aromatic rings. The molecule has 2 amide bonds. The van der Waals surface area contributed by atoms with Crippen LogP contribution in [0.15, 0.2) is 18.2 Å². The number of carbonyl (C=O) groups excluding carboxylic acids is 1. The number of nitrogens with one attached hydrogen (secondary N) is 2. The quantitative estimate of drug-likeness (QED) is 0.797. The number of carboxylic acids is 1. The van der Waals surface area contributed by atoms with Gasteiger partial charge in [-0.05, 0) is 43.9 Å². The zero-order valence-corrected chi connectivity index (χ0v) is 12.5. The average Bonchev–Trinajstić information content (AvgIpc) is 2.91. The highest BCUT2D eigenvalue weighted by Gasteiger charge is 2.41. The van der Waals surface area contributed by atoms with E-state index in [9.17, 15) is 14.7 Å². The van der Waals surface area contributed by atoms with Crippen LogP contribution in [0.1, 0.15) is 36.8 Å². The van der Waals surface area contributed by atoms with Crippen LogP contribution < -0.4 is 10.6 Å². The number of urea groups is 1. The lowest BCUT2D eigenvalue weighted by atomic mass is 9.86. The number of carbonyl (C=O) groups is 2. The molecular weight excluding hydrogens is 268 g/mol. The minimum absolute atomic E-state index is 0.180. The summed E-state index contributed by atoms with van der Waals surface area (Å²) in [4.78, 5) is 23.4. The van der Waals surface area contributed by atoms with Gasteiger partial charge in [0, 0.05) is 12.2 Å². The fourth-order valence-electron chi connectivity index (χ4n) is 2.80. The number of benzene rings is 1. The van der Waals surface area contributed by atoms with Gasteiger partial charge in [0.05, 0.1) is 5.41 Å². The van der Waals surface area contributed by atoms with Crippen LogP contribution in [0.3, 0.4) is 0 Å². The molecule has 21 heavy (non-hydrogen) atoms. The first kappa shape index (κ1) is 15.4. The van der Waals surface area contributed by atoms with Gasteiger partial charge in [0.2, 0.25) is 0 Å². The molecule has 114 valence electrons. The van der Waals surface area contributed by atoms with Crippen LogP contribution in [-0.4, -0.2) is 23.7 Å². The molecule has 1 aromatic carbocycles. The van der Waals surface area contributed by atoms with Gasteiger partial charge in [0.15, 0.2) is 0 Å². The maximum atomic E-state index is 12.0. The largest absolute Gasteiger partial charge is 0.481 e. The van der Waals surface area contributed by atoms with E-state index in [1.54, 1.807) is 0 Å².